The molecule has 0 aliphatic rings. The molecule has 2 heterocycles. The molecule has 2 aromatic heterocycles. The highest BCUT2D eigenvalue weighted by Crippen LogP contribution is 2.25. The Kier molecular flexibility index (Phi) is 3.81. The molecular weight excluding hydrogens is 321 g/mol. The number of hydrogen-bond acceptors (Lipinski definition) is 2. The highest BCUT2D eigenvalue weighted by molar-refractivity contribution is 6.35. The molecule has 2 N–H and O–H groups in total. The van der Waals surface area contributed by atoms with Gasteiger partial charge in [0, 0.05) is 28.4 Å². The van der Waals surface area contributed by atoms with Crippen molar-refractivity contribution in [1.29, 1.82) is 0 Å². The summed E-state index contributed by atoms with van der Waals surface area (Å²) in [4.78, 5) is 15.9. The zero-order valence-corrected chi connectivity index (χ0v) is 13.3. The lowest BCUT2D eigenvalue weighted by molar-refractivity contribution is 0.1000. The Labute approximate surface area is 137 Å². The monoisotopic (exact) mass is 333 g/mol. The molecule has 22 heavy (non-hydrogen) atoms. The van der Waals surface area contributed by atoms with Crippen LogP contribution >= 0.6 is 23.2 Å². The van der Waals surface area contributed by atoms with Crippen LogP contribution in [0.3, 0.4) is 0 Å². The number of nitrogens with zero attached hydrogens (tertiary/aromatic N) is 2. The zero-order valence-electron chi connectivity index (χ0n) is 11.8. The van der Waals surface area contributed by atoms with Crippen LogP contribution in [-0.2, 0) is 6.42 Å². The minimum atomic E-state index is -0.469. The van der Waals surface area contributed by atoms with Crippen molar-refractivity contribution in [2.24, 2.45) is 5.73 Å². The molecule has 112 valence electrons. The normalized spacial score (nSPS) is 11.0. The first-order valence-electron chi connectivity index (χ1n) is 6.67. The van der Waals surface area contributed by atoms with Gasteiger partial charge < -0.3 is 10.1 Å². The Balaban J connectivity index is 2.11. The molecule has 0 fully saturated rings. The number of imidazole rings is 1. The van der Waals surface area contributed by atoms with E-state index >= 15 is 0 Å². The third-order valence-electron chi connectivity index (χ3n) is 3.58. The van der Waals surface area contributed by atoms with Gasteiger partial charge in [0.15, 0.2) is 0 Å². The van der Waals surface area contributed by atoms with Crippen LogP contribution in [0.1, 0.15) is 27.3 Å². The summed E-state index contributed by atoms with van der Waals surface area (Å²) in [7, 11) is 0. The van der Waals surface area contributed by atoms with Crippen molar-refractivity contribution in [2.45, 2.75) is 13.3 Å². The SMILES string of the molecule is Cc1nc2ccc(C(N)=O)cn2c1Cc1ccc(Cl)cc1Cl. The molecule has 1 aromatic carbocycles. The van der Waals surface area contributed by atoms with Crippen molar-refractivity contribution < 1.29 is 4.79 Å². The van der Waals surface area contributed by atoms with Gasteiger partial charge in [-0.15, -0.1) is 0 Å². The maximum absolute atomic E-state index is 11.4. The van der Waals surface area contributed by atoms with Crippen LogP contribution in [-0.4, -0.2) is 15.3 Å². The van der Waals surface area contributed by atoms with Crippen LogP contribution in [0.5, 0.6) is 0 Å². The average molecular weight is 334 g/mol. The van der Waals surface area contributed by atoms with Crippen molar-refractivity contribution in [1.82, 2.24) is 9.38 Å². The fourth-order valence-corrected chi connectivity index (χ4v) is 2.89. The lowest BCUT2D eigenvalue weighted by atomic mass is 10.1. The summed E-state index contributed by atoms with van der Waals surface area (Å²) < 4.78 is 1.88. The molecule has 3 rings (SSSR count). The van der Waals surface area contributed by atoms with Gasteiger partial charge >= 0.3 is 0 Å². The van der Waals surface area contributed by atoms with Crippen molar-refractivity contribution in [3.8, 4) is 0 Å². The minimum absolute atomic E-state index is 0.438. The van der Waals surface area contributed by atoms with Gasteiger partial charge in [-0.05, 0) is 36.8 Å². The summed E-state index contributed by atoms with van der Waals surface area (Å²) in [5.41, 5.74) is 9.34. The highest BCUT2D eigenvalue weighted by atomic mass is 35.5. The van der Waals surface area contributed by atoms with Crippen LogP contribution in [0, 0.1) is 6.92 Å². The third kappa shape index (κ3) is 2.67. The topological polar surface area (TPSA) is 60.4 Å². The Bertz CT molecular complexity index is 886. The van der Waals surface area contributed by atoms with E-state index in [0.29, 0.717) is 22.0 Å². The molecule has 0 aliphatic heterocycles. The largest absolute Gasteiger partial charge is 0.366 e. The number of aromatic nitrogens is 2. The number of hydrogen-bond donors (Lipinski definition) is 1. The first kappa shape index (κ1) is 14.9. The van der Waals surface area contributed by atoms with Crippen molar-refractivity contribution in [2.75, 3.05) is 0 Å². The fraction of sp³-hybridized carbons (Fsp3) is 0.125. The van der Waals surface area contributed by atoms with Gasteiger partial charge in [0.1, 0.15) is 5.65 Å². The second-order valence-corrected chi connectivity index (χ2v) is 5.91. The number of carbonyl (C=O) groups excluding carboxylic acids is 1. The number of nitrogens with two attached hydrogens (primary N) is 1. The van der Waals surface area contributed by atoms with Crippen LogP contribution in [0.15, 0.2) is 36.5 Å². The number of aryl methyl sites for hydroxylation is 1. The number of rotatable bonds is 3. The number of pyridine rings is 1. The summed E-state index contributed by atoms with van der Waals surface area (Å²) in [6.45, 7) is 1.93. The van der Waals surface area contributed by atoms with E-state index in [2.05, 4.69) is 4.98 Å². The van der Waals surface area contributed by atoms with Crippen LogP contribution in [0.2, 0.25) is 10.0 Å². The lowest BCUT2D eigenvalue weighted by Crippen LogP contribution is -2.12. The van der Waals surface area contributed by atoms with E-state index in [9.17, 15) is 4.79 Å². The summed E-state index contributed by atoms with van der Waals surface area (Å²) in [5, 5.41) is 1.20. The number of fused-ring (bicyclic) bond motifs is 1. The Morgan fingerprint density at radius 1 is 1.27 bits per heavy atom. The number of halogens is 2. The molecule has 4 nitrogen and oxygen atoms in total. The van der Waals surface area contributed by atoms with Crippen LogP contribution in [0.4, 0.5) is 0 Å². The van der Waals surface area contributed by atoms with E-state index in [-0.39, 0.29) is 0 Å². The van der Waals surface area contributed by atoms with Crippen LogP contribution < -0.4 is 5.73 Å². The van der Waals surface area contributed by atoms with E-state index in [1.807, 2.05) is 17.4 Å². The standard InChI is InChI=1S/C16H13Cl2N3O/c1-9-14(6-10-2-4-12(17)7-13(10)18)21-8-11(16(19)22)3-5-15(21)20-9/h2-5,7-8H,6H2,1H3,(H2,19,22). The van der Waals surface area contributed by atoms with Gasteiger partial charge in [-0.25, -0.2) is 4.98 Å². The summed E-state index contributed by atoms with van der Waals surface area (Å²) in [5.74, 6) is -0.469. The van der Waals surface area contributed by atoms with Gasteiger partial charge in [0.2, 0.25) is 5.91 Å². The van der Waals surface area contributed by atoms with E-state index in [1.165, 1.54) is 0 Å². The van der Waals surface area contributed by atoms with E-state index in [4.69, 9.17) is 28.9 Å². The molecule has 1 amide bonds. The molecule has 0 unspecified atom stereocenters. The molecular formula is C16H13Cl2N3O. The smallest absolute Gasteiger partial charge is 0.250 e. The van der Waals surface area contributed by atoms with Crippen LogP contribution in [0.25, 0.3) is 5.65 Å². The van der Waals surface area contributed by atoms with Gasteiger partial charge in [0.25, 0.3) is 0 Å². The molecule has 0 atom stereocenters. The average Bonchev–Trinajstić information content (AvgIpc) is 2.77. The second kappa shape index (κ2) is 5.63. The second-order valence-electron chi connectivity index (χ2n) is 5.07. The van der Waals surface area contributed by atoms with Gasteiger partial charge in [-0.2, -0.15) is 0 Å². The van der Waals surface area contributed by atoms with Gasteiger partial charge in [-0.1, -0.05) is 29.3 Å². The summed E-state index contributed by atoms with van der Waals surface area (Å²) in [6.07, 6.45) is 2.29. The summed E-state index contributed by atoms with van der Waals surface area (Å²) in [6, 6.07) is 8.85. The minimum Gasteiger partial charge on any atom is -0.366 e. The predicted molar refractivity (Wildman–Crippen MR) is 87.7 cm³/mol. The van der Waals surface area contributed by atoms with Gasteiger partial charge in [-0.3, -0.25) is 4.79 Å². The molecule has 0 spiro atoms. The molecule has 0 saturated carbocycles. The van der Waals surface area contributed by atoms with E-state index in [0.717, 1.165) is 22.6 Å². The maximum atomic E-state index is 11.4. The van der Waals surface area contributed by atoms with E-state index in [1.54, 1.807) is 30.5 Å². The summed E-state index contributed by atoms with van der Waals surface area (Å²) >= 11 is 12.2. The number of amides is 1. The molecule has 0 bridgehead atoms. The van der Waals surface area contributed by atoms with Gasteiger partial charge in [0.05, 0.1) is 11.3 Å². The zero-order chi connectivity index (χ0) is 15.9. The highest BCUT2D eigenvalue weighted by Gasteiger charge is 2.13. The molecule has 6 heteroatoms. The van der Waals surface area contributed by atoms with E-state index < -0.39 is 5.91 Å². The third-order valence-corrected chi connectivity index (χ3v) is 4.16. The van der Waals surface area contributed by atoms with Crippen molar-refractivity contribution >= 4 is 34.8 Å². The quantitative estimate of drug-likeness (QED) is 0.795. The molecule has 0 aliphatic carbocycles. The number of benzene rings is 1. The number of primary amides is 1. The lowest BCUT2D eigenvalue weighted by Gasteiger charge is -2.07. The first-order chi connectivity index (χ1) is 10.5. The Morgan fingerprint density at radius 3 is 2.73 bits per heavy atom. The van der Waals surface area contributed by atoms with Crippen molar-refractivity contribution in [3.63, 3.8) is 0 Å². The number of carbonyl (C=O) groups is 1. The fourth-order valence-electron chi connectivity index (χ4n) is 2.42. The molecule has 0 saturated heterocycles. The molecule has 3 aromatic rings. The Morgan fingerprint density at radius 2 is 2.05 bits per heavy atom. The molecule has 0 radical (unpaired) electrons. The maximum Gasteiger partial charge on any atom is 0.250 e. The van der Waals surface area contributed by atoms with Crippen molar-refractivity contribution in [3.05, 3.63) is 69.1 Å². The Hall–Kier alpha value is -2.04. The first-order valence-corrected chi connectivity index (χ1v) is 7.42. The predicted octanol–water partition coefficient (Wildman–Crippen LogP) is 3.64.